The van der Waals surface area contributed by atoms with Crippen LogP contribution in [0.2, 0.25) is 0 Å². The molecular weight excluding hydrogens is 162 g/mol. The third-order valence-electron chi connectivity index (χ3n) is 2.41. The van der Waals surface area contributed by atoms with Gasteiger partial charge in [0, 0.05) is 11.8 Å². The molecule has 13 heavy (non-hydrogen) atoms. The quantitative estimate of drug-likeness (QED) is 0.637. The van der Waals surface area contributed by atoms with E-state index in [9.17, 15) is 0 Å². The summed E-state index contributed by atoms with van der Waals surface area (Å²) in [6.07, 6.45) is 10.8. The minimum absolute atomic E-state index is 0.958. The number of hydrogen-bond donors (Lipinski definition) is 1. The van der Waals surface area contributed by atoms with Crippen molar-refractivity contribution in [1.29, 1.82) is 0 Å². The van der Waals surface area contributed by atoms with Gasteiger partial charge in [-0.15, -0.1) is 0 Å². The molecule has 1 aromatic heterocycles. The second-order valence-corrected chi connectivity index (χ2v) is 3.18. The van der Waals surface area contributed by atoms with Crippen LogP contribution in [-0.4, -0.2) is 4.98 Å². The highest BCUT2D eigenvalue weighted by atomic mass is 16.5. The van der Waals surface area contributed by atoms with Crippen LogP contribution in [0.25, 0.3) is 5.57 Å². The molecule has 3 rings (SSSR count). The van der Waals surface area contributed by atoms with E-state index in [0.717, 1.165) is 17.8 Å². The van der Waals surface area contributed by atoms with Gasteiger partial charge in [0.25, 0.3) is 0 Å². The van der Waals surface area contributed by atoms with Crippen LogP contribution in [0.15, 0.2) is 42.5 Å². The molecule has 0 bridgehead atoms. The van der Waals surface area contributed by atoms with Crippen molar-refractivity contribution in [3.8, 4) is 0 Å². The summed E-state index contributed by atoms with van der Waals surface area (Å²) in [5.74, 6) is 0.970. The van der Waals surface area contributed by atoms with E-state index in [0.29, 0.717) is 0 Å². The fourth-order valence-corrected chi connectivity index (χ4v) is 1.78. The van der Waals surface area contributed by atoms with Crippen LogP contribution in [0, 0.1) is 0 Å². The topological polar surface area (TPSA) is 25.0 Å². The minimum Gasteiger partial charge on any atom is -0.465 e. The van der Waals surface area contributed by atoms with Crippen molar-refractivity contribution in [3.63, 3.8) is 0 Å². The van der Waals surface area contributed by atoms with Crippen molar-refractivity contribution in [3.05, 3.63) is 53.8 Å². The van der Waals surface area contributed by atoms with Gasteiger partial charge in [-0.3, -0.25) is 0 Å². The first kappa shape index (κ1) is 6.78. The summed E-state index contributed by atoms with van der Waals surface area (Å²) in [6, 6.07) is 2.11. The summed E-state index contributed by atoms with van der Waals surface area (Å²) >= 11 is 0. The Morgan fingerprint density at radius 1 is 1.38 bits per heavy atom. The molecule has 0 amide bonds. The van der Waals surface area contributed by atoms with Gasteiger partial charge in [-0.2, -0.15) is 0 Å². The first-order valence-corrected chi connectivity index (χ1v) is 4.36. The standard InChI is InChI=1S/C11H9NO/c1-2-9-10(13-7-1)4-3-8-5-6-12-11(8)9/h1-2,4-7,12H,3H2. The number of allylic oxidation sites excluding steroid dienone is 4. The van der Waals surface area contributed by atoms with E-state index in [4.69, 9.17) is 4.74 Å². The largest absolute Gasteiger partial charge is 0.465 e. The minimum atomic E-state index is 0.958. The lowest BCUT2D eigenvalue weighted by atomic mass is 9.97. The first-order chi connectivity index (χ1) is 6.45. The third-order valence-corrected chi connectivity index (χ3v) is 2.41. The zero-order valence-electron chi connectivity index (χ0n) is 7.08. The van der Waals surface area contributed by atoms with Gasteiger partial charge in [0.1, 0.15) is 5.76 Å². The van der Waals surface area contributed by atoms with Gasteiger partial charge in [-0.25, -0.2) is 0 Å². The molecule has 0 unspecified atom stereocenters. The third kappa shape index (κ3) is 0.886. The maximum Gasteiger partial charge on any atom is 0.132 e. The van der Waals surface area contributed by atoms with Crippen molar-refractivity contribution in [2.45, 2.75) is 6.42 Å². The van der Waals surface area contributed by atoms with Crippen molar-refractivity contribution < 1.29 is 4.74 Å². The van der Waals surface area contributed by atoms with E-state index in [1.54, 1.807) is 6.26 Å². The van der Waals surface area contributed by atoms with E-state index in [2.05, 4.69) is 23.2 Å². The van der Waals surface area contributed by atoms with Gasteiger partial charge < -0.3 is 9.72 Å². The average molecular weight is 171 g/mol. The Labute approximate surface area is 76.2 Å². The van der Waals surface area contributed by atoms with Crippen molar-refractivity contribution in [2.24, 2.45) is 0 Å². The molecule has 2 nitrogen and oxygen atoms in total. The summed E-state index contributed by atoms with van der Waals surface area (Å²) in [5, 5.41) is 0. The molecule has 1 N–H and O–H groups in total. The first-order valence-electron chi connectivity index (χ1n) is 4.36. The molecule has 64 valence electrons. The molecule has 2 heterocycles. The summed E-state index contributed by atoms with van der Waals surface area (Å²) in [4.78, 5) is 3.23. The number of H-pyrrole nitrogens is 1. The molecule has 0 fully saturated rings. The van der Waals surface area contributed by atoms with Gasteiger partial charge in [-0.05, 0) is 36.3 Å². The maximum absolute atomic E-state index is 5.40. The van der Waals surface area contributed by atoms with Gasteiger partial charge in [0.2, 0.25) is 0 Å². The molecule has 0 spiro atoms. The SMILES string of the molecule is C1=COC2=CCc3cc[nH]c3C2=C1. The lowest BCUT2D eigenvalue weighted by Gasteiger charge is -2.18. The molecule has 1 aromatic rings. The van der Waals surface area contributed by atoms with Crippen molar-refractivity contribution >= 4 is 5.57 Å². The monoisotopic (exact) mass is 171 g/mol. The smallest absolute Gasteiger partial charge is 0.132 e. The van der Waals surface area contributed by atoms with Crippen LogP contribution >= 0.6 is 0 Å². The molecule has 0 saturated heterocycles. The summed E-state index contributed by atoms with van der Waals surface area (Å²) in [5.41, 5.74) is 3.70. The molecule has 1 aliphatic carbocycles. The number of rotatable bonds is 0. The van der Waals surface area contributed by atoms with E-state index in [-0.39, 0.29) is 0 Å². The number of aromatic amines is 1. The van der Waals surface area contributed by atoms with Crippen molar-refractivity contribution in [2.75, 3.05) is 0 Å². The van der Waals surface area contributed by atoms with Crippen LogP contribution in [0.3, 0.4) is 0 Å². The molecule has 2 heteroatoms. The van der Waals surface area contributed by atoms with E-state index >= 15 is 0 Å². The predicted octanol–water partition coefficient (Wildman–Crippen LogP) is 2.38. The Morgan fingerprint density at radius 2 is 2.38 bits per heavy atom. The lowest BCUT2D eigenvalue weighted by Crippen LogP contribution is -2.03. The molecule has 0 saturated carbocycles. The Kier molecular flexibility index (Phi) is 1.25. The Bertz CT molecular complexity index is 435. The Morgan fingerprint density at radius 3 is 3.38 bits per heavy atom. The molecule has 2 aliphatic rings. The highest BCUT2D eigenvalue weighted by Gasteiger charge is 2.19. The molecule has 0 aromatic carbocycles. The summed E-state index contributed by atoms with van der Waals surface area (Å²) in [7, 11) is 0. The fourth-order valence-electron chi connectivity index (χ4n) is 1.78. The van der Waals surface area contributed by atoms with Crippen LogP contribution in [-0.2, 0) is 11.2 Å². The van der Waals surface area contributed by atoms with Crippen LogP contribution in [0.5, 0.6) is 0 Å². The van der Waals surface area contributed by atoms with Gasteiger partial charge in [-0.1, -0.05) is 0 Å². The normalized spacial score (nSPS) is 18.2. The zero-order valence-corrected chi connectivity index (χ0v) is 7.08. The second kappa shape index (κ2) is 2.39. The summed E-state index contributed by atoms with van der Waals surface area (Å²) < 4.78 is 5.40. The summed E-state index contributed by atoms with van der Waals surface area (Å²) in [6.45, 7) is 0. The molecular formula is C11H9NO. The number of hydrogen-bond acceptors (Lipinski definition) is 1. The zero-order chi connectivity index (χ0) is 8.67. The highest BCUT2D eigenvalue weighted by molar-refractivity contribution is 5.81. The lowest BCUT2D eigenvalue weighted by molar-refractivity contribution is 0.366. The number of nitrogens with one attached hydrogen (secondary N) is 1. The maximum atomic E-state index is 5.40. The second-order valence-electron chi connectivity index (χ2n) is 3.18. The van der Waals surface area contributed by atoms with Crippen LogP contribution < -0.4 is 0 Å². The average Bonchev–Trinajstić information content (AvgIpc) is 2.65. The van der Waals surface area contributed by atoms with Crippen LogP contribution in [0.4, 0.5) is 0 Å². The predicted molar refractivity (Wildman–Crippen MR) is 50.8 cm³/mol. The van der Waals surface area contributed by atoms with E-state index in [1.807, 2.05) is 12.3 Å². The molecule has 1 aliphatic heterocycles. The van der Waals surface area contributed by atoms with Crippen molar-refractivity contribution in [1.82, 2.24) is 4.98 Å². The Balaban J connectivity index is 2.22. The fraction of sp³-hybridized carbons (Fsp3) is 0.0909. The number of aromatic nitrogens is 1. The number of fused-ring (bicyclic) bond motifs is 3. The van der Waals surface area contributed by atoms with E-state index < -0.39 is 0 Å². The molecule has 0 atom stereocenters. The van der Waals surface area contributed by atoms with Crippen LogP contribution in [0.1, 0.15) is 11.3 Å². The Hall–Kier alpha value is -1.70. The number of ether oxygens (including phenoxy) is 1. The van der Waals surface area contributed by atoms with Gasteiger partial charge in [0.15, 0.2) is 0 Å². The van der Waals surface area contributed by atoms with E-state index in [1.165, 1.54) is 11.3 Å². The van der Waals surface area contributed by atoms with Gasteiger partial charge >= 0.3 is 0 Å². The molecule has 0 radical (unpaired) electrons. The van der Waals surface area contributed by atoms with Gasteiger partial charge in [0.05, 0.1) is 12.0 Å². The highest BCUT2D eigenvalue weighted by Crippen LogP contribution is 2.32.